The Kier molecular flexibility index (Phi) is 6.16. The van der Waals surface area contributed by atoms with E-state index in [1.807, 2.05) is 53.7 Å². The van der Waals surface area contributed by atoms with Crippen molar-refractivity contribution in [3.05, 3.63) is 33.7 Å². The number of benzene rings is 1. The molecule has 0 bridgehead atoms. The fourth-order valence-corrected chi connectivity index (χ4v) is 4.33. The van der Waals surface area contributed by atoms with Gasteiger partial charge in [0.2, 0.25) is 0 Å². The number of carboxylic acids is 1. The van der Waals surface area contributed by atoms with E-state index in [4.69, 9.17) is 5.11 Å². The molecule has 1 aromatic rings. The van der Waals surface area contributed by atoms with Crippen molar-refractivity contribution in [3.63, 3.8) is 0 Å². The zero-order valence-electron chi connectivity index (χ0n) is 16.4. The Labute approximate surface area is 168 Å². The van der Waals surface area contributed by atoms with Gasteiger partial charge in [-0.25, -0.2) is 0 Å². The molecule has 1 amide bonds. The summed E-state index contributed by atoms with van der Waals surface area (Å²) in [6, 6.07) is 3.79. The molecule has 1 aromatic carbocycles. The highest BCUT2D eigenvalue weighted by atomic mass is 32.2. The summed E-state index contributed by atoms with van der Waals surface area (Å²) in [5, 5.41) is 19.6. The minimum Gasteiger partial charge on any atom is -0.507 e. The lowest BCUT2D eigenvalue weighted by Gasteiger charge is -2.28. The normalized spacial score (nSPS) is 16.7. The molecule has 2 rings (SSSR count). The second kappa shape index (κ2) is 7.72. The number of hydrogen-bond acceptors (Lipinski definition) is 5. The number of carbonyl (C=O) groups is 2. The number of aliphatic carboxylic acids is 1. The van der Waals surface area contributed by atoms with Crippen LogP contribution >= 0.6 is 23.5 Å². The van der Waals surface area contributed by atoms with Crippen molar-refractivity contribution in [2.24, 2.45) is 4.99 Å². The van der Waals surface area contributed by atoms with Crippen LogP contribution in [0.1, 0.15) is 58.2 Å². The topological polar surface area (TPSA) is 87.0 Å². The number of aromatic hydroxyl groups is 1. The molecule has 27 heavy (non-hydrogen) atoms. The Balaban J connectivity index is 2.43. The van der Waals surface area contributed by atoms with E-state index in [2.05, 4.69) is 4.99 Å². The summed E-state index contributed by atoms with van der Waals surface area (Å²) in [5.74, 6) is -1.16. The monoisotopic (exact) mass is 407 g/mol. The Morgan fingerprint density at radius 1 is 1.15 bits per heavy atom. The predicted molar refractivity (Wildman–Crippen MR) is 114 cm³/mol. The Bertz CT molecular complexity index is 808. The molecule has 0 radical (unpaired) electrons. The summed E-state index contributed by atoms with van der Waals surface area (Å²) in [4.78, 5) is 27.2. The first kappa shape index (κ1) is 21.6. The maximum Gasteiger partial charge on any atom is 0.313 e. The van der Waals surface area contributed by atoms with Crippen molar-refractivity contribution < 1.29 is 19.8 Å². The van der Waals surface area contributed by atoms with Gasteiger partial charge in [0.15, 0.2) is 0 Å². The average molecular weight is 408 g/mol. The maximum absolute atomic E-state index is 12.2. The van der Waals surface area contributed by atoms with Crippen LogP contribution in [0.3, 0.4) is 0 Å². The van der Waals surface area contributed by atoms with Crippen molar-refractivity contribution >= 4 is 45.9 Å². The summed E-state index contributed by atoms with van der Waals surface area (Å²) in [7, 11) is 0. The molecule has 5 nitrogen and oxygen atoms in total. The van der Waals surface area contributed by atoms with E-state index in [-0.39, 0.29) is 28.2 Å². The molecule has 146 valence electrons. The molecule has 0 unspecified atom stereocenters. The molecule has 0 aromatic heterocycles. The number of nitrogens with zero attached hydrogens (tertiary/aromatic N) is 1. The van der Waals surface area contributed by atoms with E-state index in [0.717, 1.165) is 28.5 Å². The van der Waals surface area contributed by atoms with Gasteiger partial charge in [-0.15, -0.1) is 0 Å². The number of thioether (sulfide) groups is 2. The smallest absolute Gasteiger partial charge is 0.313 e. The average Bonchev–Trinajstić information content (AvgIpc) is 2.84. The van der Waals surface area contributed by atoms with Gasteiger partial charge in [0, 0.05) is 11.1 Å². The number of carbonyl (C=O) groups excluding carboxylic acids is 1. The molecular weight excluding hydrogens is 382 g/mol. The third-order valence-corrected chi connectivity index (χ3v) is 6.08. The van der Waals surface area contributed by atoms with Crippen LogP contribution in [-0.2, 0) is 20.4 Å². The van der Waals surface area contributed by atoms with Crippen molar-refractivity contribution in [2.45, 2.75) is 52.4 Å². The molecular formula is C20H25NO4S2. The number of aliphatic imine (C=N–C) groups is 1. The zero-order valence-corrected chi connectivity index (χ0v) is 18.0. The van der Waals surface area contributed by atoms with Gasteiger partial charge in [0.25, 0.3) is 5.91 Å². The molecule has 0 saturated carbocycles. The quantitative estimate of drug-likeness (QED) is 0.702. The lowest BCUT2D eigenvalue weighted by atomic mass is 9.78. The second-order valence-corrected chi connectivity index (χ2v) is 10.7. The number of phenols is 1. The fraction of sp³-hybridized carbons (Fsp3) is 0.450. The van der Waals surface area contributed by atoms with Crippen LogP contribution in [0.2, 0.25) is 0 Å². The SMILES string of the molecule is CC(C)(C)c1cc(/C=C2/SC(SCC(=O)O)=NC2=O)cc(C(C)(C)C)c1O. The van der Waals surface area contributed by atoms with Gasteiger partial charge in [-0.2, -0.15) is 4.99 Å². The third kappa shape index (κ3) is 5.39. The van der Waals surface area contributed by atoms with Crippen molar-refractivity contribution in [2.75, 3.05) is 5.75 Å². The van der Waals surface area contributed by atoms with E-state index >= 15 is 0 Å². The van der Waals surface area contributed by atoms with Gasteiger partial charge in [0.05, 0.1) is 10.7 Å². The molecule has 2 N–H and O–H groups in total. The standard InChI is InChI=1S/C20H25NO4S2/c1-19(2,3)12-7-11(8-13(16(12)24)20(4,5)6)9-14-17(25)21-18(27-14)26-10-15(22)23/h7-9,24H,10H2,1-6H3,(H,22,23)/b14-9+. The van der Waals surface area contributed by atoms with E-state index in [1.165, 1.54) is 11.8 Å². The molecule has 0 aliphatic carbocycles. The lowest BCUT2D eigenvalue weighted by Crippen LogP contribution is -2.17. The second-order valence-electron chi connectivity index (χ2n) is 8.44. The Morgan fingerprint density at radius 2 is 1.67 bits per heavy atom. The first-order valence-electron chi connectivity index (χ1n) is 8.54. The van der Waals surface area contributed by atoms with Gasteiger partial charge in [0.1, 0.15) is 10.1 Å². The van der Waals surface area contributed by atoms with Gasteiger partial charge >= 0.3 is 5.97 Å². The largest absolute Gasteiger partial charge is 0.507 e. The van der Waals surface area contributed by atoms with E-state index < -0.39 is 5.97 Å². The first-order chi connectivity index (χ1) is 12.3. The van der Waals surface area contributed by atoms with Crippen LogP contribution in [0.5, 0.6) is 5.75 Å². The summed E-state index contributed by atoms with van der Waals surface area (Å²) in [5.41, 5.74) is 1.94. The number of carboxylic acid groups (broad SMARTS) is 1. The highest BCUT2D eigenvalue weighted by Crippen LogP contribution is 2.41. The number of rotatable bonds is 3. The van der Waals surface area contributed by atoms with Crippen LogP contribution in [0, 0.1) is 0 Å². The van der Waals surface area contributed by atoms with Crippen molar-refractivity contribution in [1.82, 2.24) is 0 Å². The van der Waals surface area contributed by atoms with Gasteiger partial charge in [-0.1, -0.05) is 65.1 Å². The number of hydrogen-bond donors (Lipinski definition) is 2. The molecule has 0 atom stereocenters. The minimum atomic E-state index is -0.948. The first-order valence-corrected chi connectivity index (χ1v) is 10.3. The molecule has 1 heterocycles. The number of amides is 1. The van der Waals surface area contributed by atoms with Crippen molar-refractivity contribution in [1.29, 1.82) is 0 Å². The summed E-state index contributed by atoms with van der Waals surface area (Å²) < 4.78 is 0.444. The van der Waals surface area contributed by atoms with E-state index in [1.54, 1.807) is 6.08 Å². The van der Waals surface area contributed by atoms with Crippen molar-refractivity contribution in [3.8, 4) is 5.75 Å². The molecule has 0 spiro atoms. The van der Waals surface area contributed by atoms with E-state index in [9.17, 15) is 14.7 Å². The zero-order chi connectivity index (χ0) is 20.6. The summed E-state index contributed by atoms with van der Waals surface area (Å²) in [6.45, 7) is 12.2. The molecule has 7 heteroatoms. The van der Waals surface area contributed by atoms with Gasteiger partial charge in [-0.05, 0) is 34.6 Å². The van der Waals surface area contributed by atoms with Crippen LogP contribution in [0.15, 0.2) is 22.0 Å². The molecule has 0 fully saturated rings. The summed E-state index contributed by atoms with van der Waals surface area (Å²) in [6.07, 6.45) is 1.76. The fourth-order valence-electron chi connectivity index (χ4n) is 2.61. The Morgan fingerprint density at radius 3 is 2.11 bits per heavy atom. The van der Waals surface area contributed by atoms with Crippen LogP contribution in [0.25, 0.3) is 6.08 Å². The number of phenolic OH excluding ortho intramolecular Hbond substituents is 1. The van der Waals surface area contributed by atoms with Crippen LogP contribution < -0.4 is 0 Å². The molecule has 1 aliphatic rings. The minimum absolute atomic E-state index is 0.131. The van der Waals surface area contributed by atoms with Crippen LogP contribution in [0.4, 0.5) is 0 Å². The lowest BCUT2D eigenvalue weighted by molar-refractivity contribution is -0.133. The molecule has 1 aliphatic heterocycles. The molecule has 0 saturated heterocycles. The predicted octanol–water partition coefficient (Wildman–Crippen LogP) is 4.78. The maximum atomic E-state index is 12.2. The van der Waals surface area contributed by atoms with Crippen LogP contribution in [-0.4, -0.2) is 32.2 Å². The van der Waals surface area contributed by atoms with Gasteiger partial charge in [-0.3, -0.25) is 9.59 Å². The summed E-state index contributed by atoms with van der Waals surface area (Å²) >= 11 is 2.22. The highest BCUT2D eigenvalue weighted by Gasteiger charge is 2.27. The third-order valence-electron chi connectivity index (χ3n) is 3.97. The highest BCUT2D eigenvalue weighted by molar-refractivity contribution is 8.41. The Hall–Kier alpha value is -1.73. The van der Waals surface area contributed by atoms with Gasteiger partial charge < -0.3 is 10.2 Å². The van der Waals surface area contributed by atoms with E-state index in [0.29, 0.717) is 9.28 Å².